The molecular formula is C21H34NO10+. The minimum Gasteiger partial charge on any atom is -0.463 e. The fourth-order valence-corrected chi connectivity index (χ4v) is 3.68. The quantitative estimate of drug-likeness (QED) is 0.256. The fraction of sp³-hybridized carbons (Fsp3) is 0.810. The number of rotatable bonds is 10. The van der Waals surface area contributed by atoms with Crippen LogP contribution in [0.2, 0.25) is 0 Å². The van der Waals surface area contributed by atoms with E-state index in [-0.39, 0.29) is 13.2 Å². The number of nitrogens with zero attached hydrogens (tertiary/aromatic N) is 1. The van der Waals surface area contributed by atoms with E-state index >= 15 is 0 Å². The number of hydrogen-bond acceptors (Lipinski definition) is 10. The van der Waals surface area contributed by atoms with E-state index in [0.29, 0.717) is 12.6 Å². The Morgan fingerprint density at radius 3 is 1.84 bits per heavy atom. The van der Waals surface area contributed by atoms with Crippen LogP contribution in [0.1, 0.15) is 40.5 Å². The highest BCUT2D eigenvalue weighted by Gasteiger charge is 2.53. The Labute approximate surface area is 187 Å². The second-order valence-electron chi connectivity index (χ2n) is 8.67. The Kier molecular flexibility index (Phi) is 8.99. The van der Waals surface area contributed by atoms with E-state index in [0.717, 1.165) is 17.3 Å². The number of likely N-dealkylation sites (N-methyl/N-ethyl adjacent to an activating group) is 1. The zero-order chi connectivity index (χ0) is 24.1. The third-order valence-electron chi connectivity index (χ3n) is 5.43. The molecule has 1 aliphatic carbocycles. The molecule has 2 rings (SSSR count). The molecule has 11 heteroatoms. The summed E-state index contributed by atoms with van der Waals surface area (Å²) in [7, 11) is 4.21. The number of carbonyl (C=O) groups excluding carboxylic acids is 4. The standard InChI is InChI=1S/C21H34NO10/c1-12(23)28-11-17-18(29-13(2)24)19(30-14(3)25)20(31-15(4)26)21(32-17)27-10-9-22(5,6)16-7-8-16/h16-21H,7-11H2,1-6H3/q+1. The first-order chi connectivity index (χ1) is 14.9. The first-order valence-corrected chi connectivity index (χ1v) is 10.7. The van der Waals surface area contributed by atoms with Gasteiger partial charge >= 0.3 is 23.9 Å². The van der Waals surface area contributed by atoms with Crippen LogP contribution in [-0.4, -0.2) is 99.0 Å². The van der Waals surface area contributed by atoms with Crippen LogP contribution in [-0.2, 0) is 47.6 Å². The first-order valence-electron chi connectivity index (χ1n) is 10.7. The van der Waals surface area contributed by atoms with Crippen LogP contribution in [0.4, 0.5) is 0 Å². The Morgan fingerprint density at radius 2 is 1.34 bits per heavy atom. The Morgan fingerprint density at radius 1 is 0.812 bits per heavy atom. The van der Waals surface area contributed by atoms with Crippen molar-refractivity contribution in [1.82, 2.24) is 0 Å². The number of ether oxygens (including phenoxy) is 6. The second kappa shape index (κ2) is 11.1. The van der Waals surface area contributed by atoms with Crippen LogP contribution in [0.15, 0.2) is 0 Å². The molecule has 0 spiro atoms. The van der Waals surface area contributed by atoms with Crippen LogP contribution < -0.4 is 0 Å². The molecule has 1 saturated heterocycles. The summed E-state index contributed by atoms with van der Waals surface area (Å²) in [6, 6.07) is 0.578. The van der Waals surface area contributed by atoms with Gasteiger partial charge in [0.2, 0.25) is 0 Å². The van der Waals surface area contributed by atoms with E-state index in [2.05, 4.69) is 14.1 Å². The van der Waals surface area contributed by atoms with Crippen molar-refractivity contribution in [2.24, 2.45) is 0 Å². The van der Waals surface area contributed by atoms with Gasteiger partial charge in [0.15, 0.2) is 24.6 Å². The molecule has 2 fully saturated rings. The van der Waals surface area contributed by atoms with Crippen LogP contribution in [0.3, 0.4) is 0 Å². The van der Waals surface area contributed by atoms with Crippen molar-refractivity contribution < 1.29 is 52.1 Å². The highest BCUT2D eigenvalue weighted by atomic mass is 16.7. The molecule has 0 aromatic rings. The molecule has 1 aliphatic heterocycles. The lowest BCUT2D eigenvalue weighted by atomic mass is 9.98. The highest BCUT2D eigenvalue weighted by Crippen LogP contribution is 2.32. The molecular weight excluding hydrogens is 426 g/mol. The molecule has 0 bridgehead atoms. The topological polar surface area (TPSA) is 124 Å². The zero-order valence-electron chi connectivity index (χ0n) is 19.5. The first kappa shape index (κ1) is 26.0. The number of esters is 4. The monoisotopic (exact) mass is 460 g/mol. The van der Waals surface area contributed by atoms with Gasteiger partial charge in [-0.2, -0.15) is 0 Å². The van der Waals surface area contributed by atoms with Crippen LogP contribution >= 0.6 is 0 Å². The minimum atomic E-state index is -1.22. The van der Waals surface area contributed by atoms with Crippen molar-refractivity contribution in [2.75, 3.05) is 33.9 Å². The average molecular weight is 461 g/mol. The molecule has 0 radical (unpaired) electrons. The van der Waals surface area contributed by atoms with Crippen molar-refractivity contribution in [3.8, 4) is 0 Å². The SMILES string of the molecule is CC(=O)OCC1OC(OCC[N+](C)(C)C2CC2)C(OC(C)=O)C(OC(C)=O)C1OC(C)=O. The van der Waals surface area contributed by atoms with E-state index < -0.39 is 54.6 Å². The summed E-state index contributed by atoms with van der Waals surface area (Å²) in [4.78, 5) is 46.7. The van der Waals surface area contributed by atoms with Gasteiger partial charge in [-0.25, -0.2) is 0 Å². The Hall–Kier alpha value is -2.24. The summed E-state index contributed by atoms with van der Waals surface area (Å²) >= 11 is 0. The van der Waals surface area contributed by atoms with Gasteiger partial charge in [0.05, 0.1) is 26.7 Å². The van der Waals surface area contributed by atoms with Crippen molar-refractivity contribution >= 4 is 23.9 Å². The van der Waals surface area contributed by atoms with Gasteiger partial charge in [-0.15, -0.1) is 0 Å². The van der Waals surface area contributed by atoms with Gasteiger partial charge in [0, 0.05) is 40.5 Å². The maximum absolute atomic E-state index is 11.8. The van der Waals surface area contributed by atoms with Gasteiger partial charge < -0.3 is 32.9 Å². The lowest BCUT2D eigenvalue weighted by molar-refractivity contribution is -0.901. The maximum atomic E-state index is 11.8. The molecule has 32 heavy (non-hydrogen) atoms. The fourth-order valence-electron chi connectivity index (χ4n) is 3.68. The number of carbonyl (C=O) groups is 4. The summed E-state index contributed by atoms with van der Waals surface area (Å²) in [6.07, 6.45) is -3.40. The predicted octanol–water partition coefficient (Wildman–Crippen LogP) is 0.325. The van der Waals surface area contributed by atoms with Gasteiger partial charge in [-0.05, 0) is 0 Å². The molecule has 5 unspecified atom stereocenters. The van der Waals surface area contributed by atoms with E-state index in [4.69, 9.17) is 28.4 Å². The summed E-state index contributed by atoms with van der Waals surface area (Å²) in [5, 5.41) is 0. The summed E-state index contributed by atoms with van der Waals surface area (Å²) < 4.78 is 33.7. The molecule has 5 atom stereocenters. The summed E-state index contributed by atoms with van der Waals surface area (Å²) in [5.41, 5.74) is 0. The van der Waals surface area contributed by atoms with Crippen molar-refractivity contribution in [3.05, 3.63) is 0 Å². The molecule has 0 amide bonds. The molecule has 0 N–H and O–H groups in total. The van der Waals surface area contributed by atoms with E-state index in [1.165, 1.54) is 27.7 Å². The van der Waals surface area contributed by atoms with Gasteiger partial charge in [-0.1, -0.05) is 0 Å². The smallest absolute Gasteiger partial charge is 0.303 e. The van der Waals surface area contributed by atoms with Crippen LogP contribution in [0.25, 0.3) is 0 Å². The van der Waals surface area contributed by atoms with Crippen LogP contribution in [0.5, 0.6) is 0 Å². The minimum absolute atomic E-state index is 0.275. The third-order valence-corrected chi connectivity index (χ3v) is 5.43. The second-order valence-corrected chi connectivity index (χ2v) is 8.67. The summed E-state index contributed by atoms with van der Waals surface area (Å²) in [6.45, 7) is 5.45. The molecule has 1 heterocycles. The molecule has 0 aromatic carbocycles. The normalized spacial score (nSPS) is 27.9. The van der Waals surface area contributed by atoms with Crippen molar-refractivity contribution in [2.45, 2.75) is 77.3 Å². The maximum Gasteiger partial charge on any atom is 0.303 e. The van der Waals surface area contributed by atoms with Crippen molar-refractivity contribution in [3.63, 3.8) is 0 Å². The van der Waals surface area contributed by atoms with E-state index in [1.54, 1.807) is 0 Å². The van der Waals surface area contributed by atoms with Gasteiger partial charge in [0.25, 0.3) is 0 Å². The molecule has 182 valence electrons. The molecule has 2 aliphatic rings. The Bertz CT molecular complexity index is 705. The Balaban J connectivity index is 2.26. The van der Waals surface area contributed by atoms with Crippen molar-refractivity contribution in [1.29, 1.82) is 0 Å². The summed E-state index contributed by atoms with van der Waals surface area (Å²) in [5.74, 6) is -2.57. The lowest BCUT2D eigenvalue weighted by Crippen LogP contribution is -2.63. The predicted molar refractivity (Wildman–Crippen MR) is 108 cm³/mol. The highest BCUT2D eigenvalue weighted by molar-refractivity contribution is 5.68. The van der Waals surface area contributed by atoms with Gasteiger partial charge in [-0.3, -0.25) is 19.2 Å². The number of quaternary nitrogens is 1. The average Bonchev–Trinajstić information content (AvgIpc) is 3.49. The molecule has 1 saturated carbocycles. The lowest BCUT2D eigenvalue weighted by Gasteiger charge is -2.44. The molecule has 0 aromatic heterocycles. The van der Waals surface area contributed by atoms with Gasteiger partial charge in [0.1, 0.15) is 19.3 Å². The number of hydrogen-bond donors (Lipinski definition) is 0. The van der Waals surface area contributed by atoms with E-state index in [1.807, 2.05) is 0 Å². The largest absolute Gasteiger partial charge is 0.463 e. The van der Waals surface area contributed by atoms with Crippen LogP contribution in [0, 0.1) is 0 Å². The van der Waals surface area contributed by atoms with E-state index in [9.17, 15) is 19.2 Å². The third kappa shape index (κ3) is 7.72. The zero-order valence-corrected chi connectivity index (χ0v) is 19.5. The molecule has 11 nitrogen and oxygen atoms in total.